The van der Waals surface area contributed by atoms with E-state index < -0.39 is 0 Å². The minimum absolute atomic E-state index is 0.00743. The van der Waals surface area contributed by atoms with Gasteiger partial charge in [0.1, 0.15) is 0 Å². The highest BCUT2D eigenvalue weighted by Gasteiger charge is 2.44. The first kappa shape index (κ1) is 19.4. The number of nitrogens with one attached hydrogen (secondary N) is 1. The lowest BCUT2D eigenvalue weighted by molar-refractivity contribution is -0.130. The topological polar surface area (TPSA) is 76.5 Å². The molecule has 4 atom stereocenters. The maximum atomic E-state index is 12.7. The van der Waals surface area contributed by atoms with Crippen molar-refractivity contribution in [3.05, 3.63) is 18.5 Å². The molecular weight excluding hydrogens is 356 g/mol. The molecule has 0 aromatic carbocycles. The molecule has 2 heterocycles. The monoisotopic (exact) mass is 388 g/mol. The number of likely N-dealkylation sites (tertiary alicyclic amines) is 1. The van der Waals surface area contributed by atoms with Gasteiger partial charge in [0.05, 0.1) is 12.1 Å². The molecule has 0 radical (unpaired) electrons. The smallest absolute Gasteiger partial charge is 0.222 e. The first-order valence-electron chi connectivity index (χ1n) is 10.7. The summed E-state index contributed by atoms with van der Waals surface area (Å²) in [5, 5.41) is 7.29. The Labute approximate surface area is 166 Å². The summed E-state index contributed by atoms with van der Waals surface area (Å²) in [6.45, 7) is 4.82. The van der Waals surface area contributed by atoms with Crippen molar-refractivity contribution in [3.8, 4) is 0 Å². The van der Waals surface area contributed by atoms with Crippen molar-refractivity contribution < 1.29 is 14.3 Å². The van der Waals surface area contributed by atoms with Crippen LogP contribution in [0.2, 0.25) is 0 Å². The summed E-state index contributed by atoms with van der Waals surface area (Å²) in [7, 11) is 0. The Hall–Kier alpha value is -1.89. The number of ether oxygens (including phenoxy) is 1. The average Bonchev–Trinajstić information content (AvgIpc) is 3.16. The van der Waals surface area contributed by atoms with Crippen LogP contribution in [0.5, 0.6) is 0 Å². The second kappa shape index (κ2) is 8.64. The summed E-state index contributed by atoms with van der Waals surface area (Å²) in [5.41, 5.74) is 0. The van der Waals surface area contributed by atoms with E-state index in [1.54, 1.807) is 13.1 Å². The summed E-state index contributed by atoms with van der Waals surface area (Å²) in [5.74, 6) is 1.92. The fourth-order valence-electron chi connectivity index (χ4n) is 4.74. The number of rotatable bonds is 8. The van der Waals surface area contributed by atoms with Crippen LogP contribution in [0.4, 0.5) is 0 Å². The molecule has 1 aromatic heterocycles. The molecule has 3 fully saturated rings. The van der Waals surface area contributed by atoms with E-state index in [1.807, 2.05) is 21.8 Å². The van der Waals surface area contributed by atoms with E-state index in [4.69, 9.17) is 4.74 Å². The Morgan fingerprint density at radius 1 is 1.21 bits per heavy atom. The van der Waals surface area contributed by atoms with E-state index >= 15 is 0 Å². The zero-order chi connectivity index (χ0) is 19.5. The molecule has 1 aromatic rings. The molecule has 28 heavy (non-hydrogen) atoms. The second-order valence-electron chi connectivity index (χ2n) is 8.79. The van der Waals surface area contributed by atoms with Crippen molar-refractivity contribution in [2.75, 3.05) is 19.7 Å². The second-order valence-corrected chi connectivity index (χ2v) is 8.79. The zero-order valence-corrected chi connectivity index (χ0v) is 16.8. The van der Waals surface area contributed by atoms with Crippen LogP contribution >= 0.6 is 0 Å². The number of hydrogen-bond donors (Lipinski definition) is 1. The zero-order valence-electron chi connectivity index (χ0n) is 16.8. The summed E-state index contributed by atoms with van der Waals surface area (Å²) >= 11 is 0. The van der Waals surface area contributed by atoms with E-state index in [-0.39, 0.29) is 24.0 Å². The standard InChI is InChI=1S/C21H32N4O3/c1-15(26)23-19-10-17-12-24(21(27)4-2-8-25-9-3-7-22-25)13-18(17)11-20(19)28-14-16-5-6-16/h3,7,9,16-20H,2,4-6,8,10-14H2,1H3,(H,23,26)/t17-,18+,19-,20-/m1/s1. The summed E-state index contributed by atoms with van der Waals surface area (Å²) in [6.07, 6.45) is 9.55. The lowest BCUT2D eigenvalue weighted by atomic mass is 9.77. The summed E-state index contributed by atoms with van der Waals surface area (Å²) in [4.78, 5) is 26.4. The number of amides is 2. The van der Waals surface area contributed by atoms with E-state index in [1.165, 1.54) is 12.8 Å². The number of carbonyl (C=O) groups is 2. The van der Waals surface area contributed by atoms with Gasteiger partial charge in [-0.2, -0.15) is 5.10 Å². The Balaban J connectivity index is 1.28. The molecular formula is C21H32N4O3. The van der Waals surface area contributed by atoms with Crippen LogP contribution in [-0.4, -0.2) is 58.3 Å². The highest BCUT2D eigenvalue weighted by molar-refractivity contribution is 5.76. The first-order valence-corrected chi connectivity index (χ1v) is 10.7. The predicted octanol–water partition coefficient (Wildman–Crippen LogP) is 1.83. The predicted molar refractivity (Wildman–Crippen MR) is 104 cm³/mol. The minimum atomic E-state index is 0.00743. The molecule has 7 nitrogen and oxygen atoms in total. The maximum absolute atomic E-state index is 12.7. The van der Waals surface area contributed by atoms with Crippen molar-refractivity contribution in [1.29, 1.82) is 0 Å². The number of carbonyl (C=O) groups excluding carboxylic acids is 2. The lowest BCUT2D eigenvalue weighted by Gasteiger charge is -2.38. The average molecular weight is 389 g/mol. The van der Waals surface area contributed by atoms with Gasteiger partial charge < -0.3 is 15.0 Å². The highest BCUT2D eigenvalue weighted by Crippen LogP contribution is 2.39. The van der Waals surface area contributed by atoms with Crippen molar-refractivity contribution in [1.82, 2.24) is 20.0 Å². The van der Waals surface area contributed by atoms with Crippen LogP contribution in [0.15, 0.2) is 18.5 Å². The SMILES string of the molecule is CC(=O)N[C@@H]1C[C@@H]2CN(C(=O)CCCn3cccn3)C[C@@H]2C[C@H]1OCC1CC1. The summed E-state index contributed by atoms with van der Waals surface area (Å²) in [6, 6.07) is 1.98. The third-order valence-corrected chi connectivity index (χ3v) is 6.44. The van der Waals surface area contributed by atoms with Crippen LogP contribution in [0, 0.1) is 17.8 Å². The molecule has 2 aliphatic carbocycles. The Bertz CT molecular complexity index is 673. The van der Waals surface area contributed by atoms with Gasteiger partial charge in [0.25, 0.3) is 0 Å². The molecule has 1 N–H and O–H groups in total. The van der Waals surface area contributed by atoms with Crippen LogP contribution in [0.25, 0.3) is 0 Å². The van der Waals surface area contributed by atoms with Gasteiger partial charge in [0.2, 0.25) is 11.8 Å². The van der Waals surface area contributed by atoms with Crippen molar-refractivity contribution in [3.63, 3.8) is 0 Å². The van der Waals surface area contributed by atoms with Crippen molar-refractivity contribution in [2.24, 2.45) is 17.8 Å². The van der Waals surface area contributed by atoms with E-state index in [0.29, 0.717) is 24.2 Å². The molecule has 0 unspecified atom stereocenters. The number of nitrogens with zero attached hydrogens (tertiary/aromatic N) is 3. The molecule has 1 aliphatic heterocycles. The number of aryl methyl sites for hydroxylation is 1. The van der Waals surface area contributed by atoms with Crippen LogP contribution in [0.3, 0.4) is 0 Å². The molecule has 0 spiro atoms. The fourth-order valence-corrected chi connectivity index (χ4v) is 4.74. The van der Waals surface area contributed by atoms with E-state index in [2.05, 4.69) is 10.4 Å². The third-order valence-electron chi connectivity index (χ3n) is 6.44. The lowest BCUT2D eigenvalue weighted by Crippen LogP contribution is -2.50. The Morgan fingerprint density at radius 2 is 2.00 bits per heavy atom. The molecule has 154 valence electrons. The quantitative estimate of drug-likeness (QED) is 0.737. The number of aromatic nitrogens is 2. The van der Waals surface area contributed by atoms with Gasteiger partial charge in [0.15, 0.2) is 0 Å². The molecule has 2 saturated carbocycles. The van der Waals surface area contributed by atoms with Crippen molar-refractivity contribution in [2.45, 2.75) is 64.1 Å². The van der Waals surface area contributed by atoms with E-state index in [0.717, 1.165) is 45.5 Å². The highest BCUT2D eigenvalue weighted by atomic mass is 16.5. The summed E-state index contributed by atoms with van der Waals surface area (Å²) < 4.78 is 8.07. The third kappa shape index (κ3) is 4.93. The molecule has 2 amide bonds. The van der Waals surface area contributed by atoms with E-state index in [9.17, 15) is 9.59 Å². The maximum Gasteiger partial charge on any atom is 0.222 e. The minimum Gasteiger partial charge on any atom is -0.376 e. The van der Waals surface area contributed by atoms with Crippen molar-refractivity contribution >= 4 is 11.8 Å². The molecule has 1 saturated heterocycles. The van der Waals surface area contributed by atoms with Gasteiger partial charge in [0, 0.05) is 52.0 Å². The van der Waals surface area contributed by atoms with Gasteiger partial charge in [-0.15, -0.1) is 0 Å². The molecule has 4 rings (SSSR count). The Morgan fingerprint density at radius 3 is 2.68 bits per heavy atom. The van der Waals surface area contributed by atoms with Crippen LogP contribution in [0.1, 0.15) is 45.4 Å². The Kier molecular flexibility index (Phi) is 5.99. The van der Waals surface area contributed by atoms with Gasteiger partial charge >= 0.3 is 0 Å². The normalized spacial score (nSPS) is 29.5. The molecule has 3 aliphatic rings. The fraction of sp³-hybridized carbons (Fsp3) is 0.762. The number of hydrogen-bond acceptors (Lipinski definition) is 4. The molecule has 0 bridgehead atoms. The molecule has 7 heteroatoms. The van der Waals surface area contributed by atoms with Gasteiger partial charge in [-0.1, -0.05) is 0 Å². The van der Waals surface area contributed by atoms with Gasteiger partial charge in [-0.25, -0.2) is 0 Å². The number of fused-ring (bicyclic) bond motifs is 1. The van der Waals surface area contributed by atoms with Gasteiger partial charge in [-0.3, -0.25) is 14.3 Å². The van der Waals surface area contributed by atoms with Crippen LogP contribution in [-0.2, 0) is 20.9 Å². The first-order chi connectivity index (χ1) is 13.6. The largest absolute Gasteiger partial charge is 0.376 e. The van der Waals surface area contributed by atoms with Crippen LogP contribution < -0.4 is 5.32 Å². The van der Waals surface area contributed by atoms with Gasteiger partial charge in [-0.05, 0) is 55.9 Å².